The molecule has 0 heterocycles. The second-order valence-electron chi connectivity index (χ2n) is 7.94. The number of fused-ring (bicyclic) bond motifs is 1. The molecule has 6 heteroatoms. The summed E-state index contributed by atoms with van der Waals surface area (Å²) in [6.45, 7) is 2.36. The number of rotatable bonds is 11. The van der Waals surface area contributed by atoms with Gasteiger partial charge in [0.25, 0.3) is 0 Å². The fraction of sp³-hybridized carbons (Fsp3) is 0.458. The lowest BCUT2D eigenvalue weighted by atomic mass is 9.86. The molecule has 1 aliphatic carbocycles. The van der Waals surface area contributed by atoms with Crippen LogP contribution in [0.5, 0.6) is 0 Å². The van der Waals surface area contributed by atoms with Crippen molar-refractivity contribution in [2.75, 3.05) is 31.7 Å². The Balaban J connectivity index is 1.67. The number of nitrogens with two attached hydrogens (primary N) is 1. The highest BCUT2D eigenvalue weighted by molar-refractivity contribution is 9.10. The van der Waals surface area contributed by atoms with Gasteiger partial charge in [-0.25, -0.2) is 4.79 Å². The minimum Gasteiger partial charge on any atom is -0.385 e. The molecule has 2 amide bonds. The SMILES string of the molecule is COCCCCN[C@@]1(CCCN(C(N)=O)c2ccc(Br)cc2)CCc2ccccc21. The number of aryl methyl sites for hydroxylation is 1. The molecule has 0 spiro atoms. The van der Waals surface area contributed by atoms with E-state index >= 15 is 0 Å². The fourth-order valence-corrected chi connectivity index (χ4v) is 4.71. The number of hydrogen-bond donors (Lipinski definition) is 2. The van der Waals surface area contributed by atoms with Gasteiger partial charge in [0.1, 0.15) is 0 Å². The number of benzene rings is 2. The van der Waals surface area contributed by atoms with Crippen molar-refractivity contribution in [2.24, 2.45) is 5.73 Å². The minimum absolute atomic E-state index is 0.0350. The van der Waals surface area contributed by atoms with Crippen LogP contribution in [0.2, 0.25) is 0 Å². The molecule has 2 aromatic carbocycles. The topological polar surface area (TPSA) is 67.6 Å². The lowest BCUT2D eigenvalue weighted by Crippen LogP contribution is -2.43. The van der Waals surface area contributed by atoms with Gasteiger partial charge < -0.3 is 15.8 Å². The third-order valence-corrected chi connectivity index (χ3v) is 6.51. The van der Waals surface area contributed by atoms with E-state index in [2.05, 4.69) is 45.5 Å². The molecule has 3 rings (SSSR count). The van der Waals surface area contributed by atoms with Gasteiger partial charge in [-0.2, -0.15) is 0 Å². The van der Waals surface area contributed by atoms with Gasteiger partial charge in [-0.3, -0.25) is 4.90 Å². The number of hydrogen-bond acceptors (Lipinski definition) is 3. The van der Waals surface area contributed by atoms with Gasteiger partial charge >= 0.3 is 6.03 Å². The second kappa shape index (κ2) is 10.9. The fourth-order valence-electron chi connectivity index (χ4n) is 4.45. The molecule has 2 aromatic rings. The molecule has 162 valence electrons. The van der Waals surface area contributed by atoms with Crippen molar-refractivity contribution in [1.82, 2.24) is 5.32 Å². The highest BCUT2D eigenvalue weighted by Gasteiger charge is 2.37. The van der Waals surface area contributed by atoms with Crippen LogP contribution < -0.4 is 16.0 Å². The molecule has 0 bridgehead atoms. The normalized spacial score (nSPS) is 17.7. The van der Waals surface area contributed by atoms with Crippen molar-refractivity contribution >= 4 is 27.6 Å². The van der Waals surface area contributed by atoms with E-state index in [1.54, 1.807) is 12.0 Å². The molecule has 30 heavy (non-hydrogen) atoms. The van der Waals surface area contributed by atoms with E-state index in [0.717, 1.165) is 61.8 Å². The van der Waals surface area contributed by atoms with Crippen LogP contribution in [0.1, 0.15) is 43.2 Å². The molecule has 0 aliphatic heterocycles. The maximum atomic E-state index is 12.1. The molecule has 0 aromatic heterocycles. The van der Waals surface area contributed by atoms with Gasteiger partial charge in [0.2, 0.25) is 0 Å². The van der Waals surface area contributed by atoms with Crippen molar-refractivity contribution in [1.29, 1.82) is 0 Å². The summed E-state index contributed by atoms with van der Waals surface area (Å²) in [5, 5.41) is 3.86. The van der Waals surface area contributed by atoms with Gasteiger partial charge in [0, 0.05) is 36.0 Å². The summed E-state index contributed by atoms with van der Waals surface area (Å²) in [7, 11) is 1.75. The largest absolute Gasteiger partial charge is 0.385 e. The highest BCUT2D eigenvalue weighted by atomic mass is 79.9. The third-order valence-electron chi connectivity index (χ3n) is 5.98. The molecule has 0 radical (unpaired) electrons. The summed E-state index contributed by atoms with van der Waals surface area (Å²) in [6.07, 6.45) is 6.16. The predicted molar refractivity (Wildman–Crippen MR) is 126 cm³/mol. The van der Waals surface area contributed by atoms with Crippen LogP contribution in [-0.2, 0) is 16.7 Å². The number of unbranched alkanes of at least 4 members (excludes halogenated alkanes) is 1. The summed E-state index contributed by atoms with van der Waals surface area (Å²) >= 11 is 3.44. The molecule has 0 saturated carbocycles. The van der Waals surface area contributed by atoms with Crippen molar-refractivity contribution in [3.63, 3.8) is 0 Å². The van der Waals surface area contributed by atoms with E-state index < -0.39 is 6.03 Å². The Morgan fingerprint density at radius 1 is 1.17 bits per heavy atom. The molecule has 0 fully saturated rings. The van der Waals surface area contributed by atoms with Crippen molar-refractivity contribution in [2.45, 2.75) is 44.1 Å². The van der Waals surface area contributed by atoms with Crippen LogP contribution in [0.4, 0.5) is 10.5 Å². The Morgan fingerprint density at radius 3 is 2.67 bits per heavy atom. The first-order chi connectivity index (χ1) is 14.6. The predicted octanol–water partition coefficient (Wildman–Crippen LogP) is 4.97. The van der Waals surface area contributed by atoms with Crippen LogP contribution >= 0.6 is 15.9 Å². The number of ether oxygens (including phenoxy) is 1. The highest BCUT2D eigenvalue weighted by Crippen LogP contribution is 2.40. The molecule has 1 aliphatic rings. The van der Waals surface area contributed by atoms with Gasteiger partial charge in [0.15, 0.2) is 0 Å². The number of methoxy groups -OCH3 is 1. The van der Waals surface area contributed by atoms with Crippen LogP contribution in [0.15, 0.2) is 53.0 Å². The Morgan fingerprint density at radius 2 is 1.93 bits per heavy atom. The van der Waals surface area contributed by atoms with E-state index in [-0.39, 0.29) is 5.54 Å². The first-order valence-electron chi connectivity index (χ1n) is 10.7. The number of carbonyl (C=O) groups is 1. The summed E-state index contributed by atoms with van der Waals surface area (Å²) in [6, 6.07) is 16.0. The van der Waals surface area contributed by atoms with Crippen LogP contribution in [-0.4, -0.2) is 32.8 Å². The van der Waals surface area contributed by atoms with E-state index in [1.165, 1.54) is 11.1 Å². The molecular formula is C24H32BrN3O2. The number of carbonyl (C=O) groups excluding carboxylic acids is 1. The zero-order valence-corrected chi connectivity index (χ0v) is 19.3. The third kappa shape index (κ3) is 5.62. The molecule has 3 N–H and O–H groups in total. The van der Waals surface area contributed by atoms with Crippen molar-refractivity contribution < 1.29 is 9.53 Å². The Labute approximate surface area is 188 Å². The standard InChI is InChI=1S/C24H32BrN3O2/c1-30-18-5-4-16-27-24(15-13-19-7-2-3-8-22(19)24)14-6-17-28(23(26)29)21-11-9-20(25)10-12-21/h2-3,7-12,27H,4-6,13-18H2,1H3,(H2,26,29)/t24-/m0/s1. The average Bonchev–Trinajstić information content (AvgIpc) is 3.11. The van der Waals surface area contributed by atoms with Crippen molar-refractivity contribution in [3.05, 3.63) is 64.1 Å². The van der Waals surface area contributed by atoms with Gasteiger partial charge in [-0.15, -0.1) is 0 Å². The average molecular weight is 474 g/mol. The molecule has 5 nitrogen and oxygen atoms in total. The van der Waals surface area contributed by atoms with Gasteiger partial charge in [-0.05, 0) is 80.5 Å². The summed E-state index contributed by atoms with van der Waals surface area (Å²) < 4.78 is 6.16. The van der Waals surface area contributed by atoms with Crippen LogP contribution in [0, 0.1) is 0 Å². The number of nitrogens with one attached hydrogen (secondary N) is 1. The van der Waals surface area contributed by atoms with E-state index in [1.807, 2.05) is 24.3 Å². The summed E-state index contributed by atoms with van der Waals surface area (Å²) in [4.78, 5) is 13.7. The lowest BCUT2D eigenvalue weighted by molar-refractivity contribution is 0.190. The number of halogens is 1. The first-order valence-corrected chi connectivity index (χ1v) is 11.5. The van der Waals surface area contributed by atoms with E-state index in [9.17, 15) is 4.79 Å². The number of nitrogens with zero attached hydrogens (tertiary/aromatic N) is 1. The maximum Gasteiger partial charge on any atom is 0.319 e. The Bertz CT molecular complexity index is 827. The lowest BCUT2D eigenvalue weighted by Gasteiger charge is -2.33. The first kappa shape index (κ1) is 22.8. The number of urea groups is 1. The molecule has 0 saturated heterocycles. The molecule has 1 atom stereocenters. The van der Waals surface area contributed by atoms with Crippen LogP contribution in [0.3, 0.4) is 0 Å². The number of amides is 2. The maximum absolute atomic E-state index is 12.1. The van der Waals surface area contributed by atoms with Crippen LogP contribution in [0.25, 0.3) is 0 Å². The number of anilines is 1. The quantitative estimate of drug-likeness (QED) is 0.452. The number of primary amides is 1. The van der Waals surface area contributed by atoms with Gasteiger partial charge in [0.05, 0.1) is 0 Å². The molecule has 0 unspecified atom stereocenters. The van der Waals surface area contributed by atoms with Crippen molar-refractivity contribution in [3.8, 4) is 0 Å². The van der Waals surface area contributed by atoms with E-state index in [0.29, 0.717) is 6.54 Å². The zero-order valence-electron chi connectivity index (χ0n) is 17.7. The minimum atomic E-state index is -0.411. The second-order valence-corrected chi connectivity index (χ2v) is 8.85. The molecular weight excluding hydrogens is 442 g/mol. The van der Waals surface area contributed by atoms with E-state index in [4.69, 9.17) is 10.5 Å². The Kier molecular flexibility index (Phi) is 8.31. The zero-order chi connectivity index (χ0) is 21.4. The Hall–Kier alpha value is -1.89. The summed E-state index contributed by atoms with van der Waals surface area (Å²) in [5.41, 5.74) is 9.32. The van der Waals surface area contributed by atoms with Gasteiger partial charge in [-0.1, -0.05) is 40.2 Å². The summed E-state index contributed by atoms with van der Waals surface area (Å²) in [5.74, 6) is 0. The monoisotopic (exact) mass is 473 g/mol. The smallest absolute Gasteiger partial charge is 0.319 e.